The van der Waals surface area contributed by atoms with Gasteiger partial charge in [-0.25, -0.2) is 0 Å². The van der Waals surface area contributed by atoms with Crippen LogP contribution in [0.25, 0.3) is 11.3 Å². The summed E-state index contributed by atoms with van der Waals surface area (Å²) in [6.45, 7) is 4.83. The van der Waals surface area contributed by atoms with Crippen LogP contribution in [0.2, 0.25) is 0 Å². The van der Waals surface area contributed by atoms with Crippen LogP contribution in [0.4, 0.5) is 5.69 Å². The maximum Gasteiger partial charge on any atom is 0.272 e. The Balaban J connectivity index is 1.66. The number of aryl methyl sites for hydroxylation is 1. The maximum atomic E-state index is 13.8. The number of aromatic nitrogens is 2. The molecule has 2 amide bonds. The number of likely N-dealkylation sites (N-methyl/N-ethyl adjacent to an activating group) is 1. The van der Waals surface area contributed by atoms with Crippen LogP contribution in [0.5, 0.6) is 5.75 Å². The van der Waals surface area contributed by atoms with E-state index in [4.69, 9.17) is 4.74 Å². The van der Waals surface area contributed by atoms with Crippen molar-refractivity contribution in [2.75, 3.05) is 45.2 Å². The number of ether oxygens (including phenoxy) is 1. The molecule has 0 aliphatic carbocycles. The standard InChI is InChI=1S/C27H33N5O3/c1-20(33)32-15-7-14-29(2)16-17-31(19-22-8-5-6-9-25(22)32)27(34)26-18-24(28-30(26)3)21-10-12-23(35-4)13-11-21/h5-6,8-13,18H,7,14-17,19H2,1-4H3. The molecule has 184 valence electrons. The Labute approximate surface area is 206 Å². The van der Waals surface area contributed by atoms with Gasteiger partial charge in [0.1, 0.15) is 11.4 Å². The molecule has 35 heavy (non-hydrogen) atoms. The van der Waals surface area contributed by atoms with Gasteiger partial charge >= 0.3 is 0 Å². The molecule has 0 bridgehead atoms. The highest BCUT2D eigenvalue weighted by molar-refractivity contribution is 5.94. The number of hydrogen-bond acceptors (Lipinski definition) is 5. The van der Waals surface area contributed by atoms with Crippen molar-refractivity contribution in [3.05, 3.63) is 65.9 Å². The molecule has 1 aliphatic rings. The molecule has 0 unspecified atom stereocenters. The first-order valence-corrected chi connectivity index (χ1v) is 11.9. The van der Waals surface area contributed by atoms with Crippen molar-refractivity contribution in [1.82, 2.24) is 19.6 Å². The summed E-state index contributed by atoms with van der Waals surface area (Å²) < 4.78 is 6.89. The molecule has 0 fully saturated rings. The van der Waals surface area contributed by atoms with E-state index in [1.807, 2.05) is 64.4 Å². The summed E-state index contributed by atoms with van der Waals surface area (Å²) in [4.78, 5) is 32.1. The Morgan fingerprint density at radius 2 is 1.69 bits per heavy atom. The maximum absolute atomic E-state index is 13.8. The Kier molecular flexibility index (Phi) is 7.51. The second-order valence-electron chi connectivity index (χ2n) is 8.95. The average Bonchev–Trinajstić information content (AvgIpc) is 3.24. The summed E-state index contributed by atoms with van der Waals surface area (Å²) in [7, 11) is 5.48. The highest BCUT2D eigenvalue weighted by atomic mass is 16.5. The second kappa shape index (κ2) is 10.7. The number of carbonyl (C=O) groups excluding carboxylic acids is 2. The predicted molar refractivity (Wildman–Crippen MR) is 137 cm³/mol. The number of benzene rings is 2. The summed E-state index contributed by atoms with van der Waals surface area (Å²) >= 11 is 0. The van der Waals surface area contributed by atoms with Crippen molar-refractivity contribution in [1.29, 1.82) is 0 Å². The average molecular weight is 476 g/mol. The van der Waals surface area contributed by atoms with Gasteiger partial charge in [0.2, 0.25) is 5.91 Å². The fourth-order valence-corrected chi connectivity index (χ4v) is 4.45. The number of hydrogen-bond donors (Lipinski definition) is 0. The van der Waals surface area contributed by atoms with E-state index in [1.165, 1.54) is 0 Å². The lowest BCUT2D eigenvalue weighted by Crippen LogP contribution is -2.38. The number of rotatable bonds is 3. The Bertz CT molecular complexity index is 1190. The summed E-state index contributed by atoms with van der Waals surface area (Å²) in [6, 6.07) is 17.3. The number of methoxy groups -OCH3 is 1. The van der Waals surface area contributed by atoms with Gasteiger partial charge in [0.15, 0.2) is 0 Å². The van der Waals surface area contributed by atoms with E-state index in [0.717, 1.165) is 47.8 Å². The minimum absolute atomic E-state index is 0.00740. The number of fused-ring (bicyclic) bond motifs is 1. The topological polar surface area (TPSA) is 70.9 Å². The van der Waals surface area contributed by atoms with E-state index in [-0.39, 0.29) is 11.8 Å². The van der Waals surface area contributed by atoms with Gasteiger partial charge in [-0.15, -0.1) is 0 Å². The predicted octanol–water partition coefficient (Wildman–Crippen LogP) is 3.43. The molecule has 3 aromatic rings. The van der Waals surface area contributed by atoms with Crippen molar-refractivity contribution in [3.63, 3.8) is 0 Å². The molecule has 8 nitrogen and oxygen atoms in total. The molecular weight excluding hydrogens is 442 g/mol. The number of para-hydroxylation sites is 1. The summed E-state index contributed by atoms with van der Waals surface area (Å²) in [5, 5.41) is 4.60. The molecule has 2 aromatic carbocycles. The van der Waals surface area contributed by atoms with Crippen LogP contribution in [0, 0.1) is 0 Å². The normalized spacial score (nSPS) is 15.3. The van der Waals surface area contributed by atoms with Crippen molar-refractivity contribution >= 4 is 17.5 Å². The zero-order chi connectivity index (χ0) is 24.9. The number of nitrogens with zero attached hydrogens (tertiary/aromatic N) is 5. The summed E-state index contributed by atoms with van der Waals surface area (Å²) in [5.74, 6) is 0.691. The highest BCUT2D eigenvalue weighted by Crippen LogP contribution is 2.26. The molecule has 1 aromatic heterocycles. The van der Waals surface area contributed by atoms with E-state index in [9.17, 15) is 9.59 Å². The van der Waals surface area contributed by atoms with E-state index >= 15 is 0 Å². The van der Waals surface area contributed by atoms with Crippen LogP contribution in [0.1, 0.15) is 29.4 Å². The van der Waals surface area contributed by atoms with Gasteiger partial charge in [-0.05, 0) is 62.0 Å². The lowest BCUT2D eigenvalue weighted by molar-refractivity contribution is -0.116. The SMILES string of the molecule is COc1ccc(-c2cc(C(=O)N3CCN(C)CCCN(C(C)=O)c4ccccc4C3)n(C)n2)cc1. The molecule has 4 rings (SSSR count). The molecule has 1 aliphatic heterocycles. The van der Waals surface area contributed by atoms with E-state index < -0.39 is 0 Å². The van der Waals surface area contributed by atoms with E-state index in [2.05, 4.69) is 17.0 Å². The van der Waals surface area contributed by atoms with Crippen molar-refractivity contribution in [2.24, 2.45) is 7.05 Å². The first kappa shape index (κ1) is 24.5. The molecule has 8 heteroatoms. The molecule has 0 saturated heterocycles. The van der Waals surface area contributed by atoms with Crippen LogP contribution in [0.15, 0.2) is 54.6 Å². The fourth-order valence-electron chi connectivity index (χ4n) is 4.45. The smallest absolute Gasteiger partial charge is 0.272 e. The minimum Gasteiger partial charge on any atom is -0.497 e. The third-order valence-electron chi connectivity index (χ3n) is 6.47. The number of carbonyl (C=O) groups is 2. The minimum atomic E-state index is -0.0865. The first-order chi connectivity index (χ1) is 16.9. The van der Waals surface area contributed by atoms with Crippen LogP contribution >= 0.6 is 0 Å². The molecular formula is C27H33N5O3. The third-order valence-corrected chi connectivity index (χ3v) is 6.47. The van der Waals surface area contributed by atoms with Gasteiger partial charge < -0.3 is 19.4 Å². The summed E-state index contributed by atoms with van der Waals surface area (Å²) in [6.07, 6.45) is 0.866. The van der Waals surface area contributed by atoms with Gasteiger partial charge in [0, 0.05) is 51.4 Å². The zero-order valence-corrected chi connectivity index (χ0v) is 20.9. The van der Waals surface area contributed by atoms with Crippen LogP contribution in [0.3, 0.4) is 0 Å². The van der Waals surface area contributed by atoms with Crippen molar-refractivity contribution < 1.29 is 14.3 Å². The zero-order valence-electron chi connectivity index (χ0n) is 20.9. The lowest BCUT2D eigenvalue weighted by atomic mass is 10.1. The van der Waals surface area contributed by atoms with Crippen LogP contribution in [-0.2, 0) is 18.4 Å². The Morgan fingerprint density at radius 3 is 2.40 bits per heavy atom. The molecule has 2 heterocycles. The summed E-state index contributed by atoms with van der Waals surface area (Å²) in [5.41, 5.74) is 4.00. The van der Waals surface area contributed by atoms with Crippen molar-refractivity contribution in [3.8, 4) is 17.0 Å². The molecule has 0 N–H and O–H groups in total. The van der Waals surface area contributed by atoms with Gasteiger partial charge in [-0.1, -0.05) is 18.2 Å². The Hall–Kier alpha value is -3.65. The van der Waals surface area contributed by atoms with Gasteiger partial charge in [-0.3, -0.25) is 14.3 Å². The molecule has 0 radical (unpaired) electrons. The van der Waals surface area contributed by atoms with Crippen LogP contribution in [-0.4, -0.2) is 71.7 Å². The number of anilines is 1. The second-order valence-corrected chi connectivity index (χ2v) is 8.95. The number of amides is 2. The van der Waals surface area contributed by atoms with Gasteiger partial charge in [0.05, 0.1) is 12.8 Å². The largest absolute Gasteiger partial charge is 0.497 e. The van der Waals surface area contributed by atoms with Crippen molar-refractivity contribution in [2.45, 2.75) is 19.9 Å². The van der Waals surface area contributed by atoms with Crippen LogP contribution < -0.4 is 9.64 Å². The van der Waals surface area contributed by atoms with Gasteiger partial charge in [-0.2, -0.15) is 5.10 Å². The monoisotopic (exact) mass is 475 g/mol. The van der Waals surface area contributed by atoms with E-state index in [0.29, 0.717) is 25.3 Å². The highest BCUT2D eigenvalue weighted by Gasteiger charge is 2.24. The molecule has 0 spiro atoms. The Morgan fingerprint density at radius 1 is 0.943 bits per heavy atom. The fraction of sp³-hybridized carbons (Fsp3) is 0.370. The van der Waals surface area contributed by atoms with E-state index in [1.54, 1.807) is 25.8 Å². The molecule has 0 atom stereocenters. The lowest BCUT2D eigenvalue weighted by Gasteiger charge is -2.27. The van der Waals surface area contributed by atoms with Gasteiger partial charge in [0.25, 0.3) is 5.91 Å². The quantitative estimate of drug-likeness (QED) is 0.581. The third kappa shape index (κ3) is 5.54. The first-order valence-electron chi connectivity index (χ1n) is 11.9. The molecule has 0 saturated carbocycles.